The summed E-state index contributed by atoms with van der Waals surface area (Å²) in [5, 5.41) is 3.57. The van der Waals surface area contributed by atoms with Crippen LogP contribution in [-0.4, -0.2) is 31.4 Å². The SMILES string of the molecule is CC1(C)c2ccccc2NCC1/C=C/c1ccc(N(CCCl)CCCl)cc1. The minimum atomic E-state index is 0.107. The minimum absolute atomic E-state index is 0.107. The first-order chi connectivity index (χ1) is 13.1. The monoisotopic (exact) mass is 402 g/mol. The Balaban J connectivity index is 1.73. The highest BCUT2D eigenvalue weighted by Gasteiger charge is 2.34. The predicted molar refractivity (Wildman–Crippen MR) is 121 cm³/mol. The Morgan fingerprint density at radius 2 is 1.70 bits per heavy atom. The second-order valence-electron chi connectivity index (χ2n) is 7.57. The van der Waals surface area contributed by atoms with Gasteiger partial charge in [0.15, 0.2) is 0 Å². The van der Waals surface area contributed by atoms with E-state index in [4.69, 9.17) is 23.2 Å². The topological polar surface area (TPSA) is 15.3 Å². The number of fused-ring (bicyclic) bond motifs is 1. The molecule has 1 atom stereocenters. The van der Waals surface area contributed by atoms with E-state index in [2.05, 4.69) is 84.7 Å². The van der Waals surface area contributed by atoms with Crippen LogP contribution in [0.15, 0.2) is 54.6 Å². The number of para-hydroxylation sites is 1. The van der Waals surface area contributed by atoms with E-state index in [9.17, 15) is 0 Å². The van der Waals surface area contributed by atoms with Gasteiger partial charge in [0.05, 0.1) is 0 Å². The lowest BCUT2D eigenvalue weighted by Crippen LogP contribution is -2.37. The highest BCUT2D eigenvalue weighted by Crippen LogP contribution is 2.40. The van der Waals surface area contributed by atoms with Crippen molar-refractivity contribution < 1.29 is 0 Å². The summed E-state index contributed by atoms with van der Waals surface area (Å²) in [6.07, 6.45) is 4.58. The van der Waals surface area contributed by atoms with Crippen LogP contribution in [0.25, 0.3) is 6.08 Å². The van der Waals surface area contributed by atoms with Gasteiger partial charge in [0.1, 0.15) is 0 Å². The maximum Gasteiger partial charge on any atom is 0.0399 e. The summed E-state index contributed by atoms with van der Waals surface area (Å²) in [5.41, 5.74) is 5.14. The minimum Gasteiger partial charge on any atom is -0.384 e. The summed E-state index contributed by atoms with van der Waals surface area (Å²) in [4.78, 5) is 2.22. The fraction of sp³-hybridized carbons (Fsp3) is 0.391. The molecule has 0 spiro atoms. The van der Waals surface area contributed by atoms with E-state index in [0.29, 0.717) is 17.7 Å². The lowest BCUT2D eigenvalue weighted by molar-refractivity contribution is 0.386. The summed E-state index contributed by atoms with van der Waals surface area (Å²) >= 11 is 11.8. The molecule has 3 rings (SSSR count). The molecule has 2 aromatic rings. The Kier molecular flexibility index (Phi) is 6.73. The van der Waals surface area contributed by atoms with Crippen LogP contribution in [0, 0.1) is 5.92 Å². The van der Waals surface area contributed by atoms with E-state index >= 15 is 0 Å². The zero-order chi connectivity index (χ0) is 19.3. The zero-order valence-electron chi connectivity index (χ0n) is 16.1. The standard InChI is InChI=1S/C23H28Cl2N2/c1-23(2)19(17-26-22-6-4-3-5-21(22)23)10-7-18-8-11-20(12-9-18)27(15-13-24)16-14-25/h3-12,19,26H,13-17H2,1-2H3/b10-7+. The first kappa shape index (κ1) is 20.1. The molecule has 1 N–H and O–H groups in total. The van der Waals surface area contributed by atoms with Gasteiger partial charge in [-0.25, -0.2) is 0 Å². The average molecular weight is 403 g/mol. The average Bonchev–Trinajstić information content (AvgIpc) is 2.68. The highest BCUT2D eigenvalue weighted by atomic mass is 35.5. The van der Waals surface area contributed by atoms with Gasteiger partial charge in [-0.05, 0) is 34.7 Å². The molecule has 0 aliphatic carbocycles. The largest absolute Gasteiger partial charge is 0.384 e. The van der Waals surface area contributed by atoms with E-state index in [1.807, 2.05) is 0 Å². The number of halogens is 2. The molecule has 144 valence electrons. The molecule has 1 aliphatic heterocycles. The molecule has 2 aromatic carbocycles. The van der Waals surface area contributed by atoms with Crippen molar-refractivity contribution in [3.63, 3.8) is 0 Å². The van der Waals surface area contributed by atoms with Crippen molar-refractivity contribution in [1.29, 1.82) is 0 Å². The van der Waals surface area contributed by atoms with Crippen LogP contribution in [0.5, 0.6) is 0 Å². The molecule has 0 saturated heterocycles. The van der Waals surface area contributed by atoms with Gasteiger partial charge < -0.3 is 10.2 Å². The van der Waals surface area contributed by atoms with Crippen molar-refractivity contribution in [3.05, 3.63) is 65.7 Å². The maximum absolute atomic E-state index is 5.91. The van der Waals surface area contributed by atoms with Crippen LogP contribution in [0.1, 0.15) is 25.0 Å². The molecule has 0 amide bonds. The van der Waals surface area contributed by atoms with E-state index in [0.717, 1.165) is 19.6 Å². The summed E-state index contributed by atoms with van der Waals surface area (Å²) in [6.45, 7) is 7.25. The molecule has 1 heterocycles. The van der Waals surface area contributed by atoms with Crippen molar-refractivity contribution in [2.45, 2.75) is 19.3 Å². The number of hydrogen-bond acceptors (Lipinski definition) is 2. The Bertz CT molecular complexity index is 762. The summed E-state index contributed by atoms with van der Waals surface area (Å²) in [6, 6.07) is 17.3. The highest BCUT2D eigenvalue weighted by molar-refractivity contribution is 6.18. The molecule has 0 saturated carbocycles. The van der Waals surface area contributed by atoms with Crippen molar-refractivity contribution >= 4 is 40.7 Å². The number of alkyl halides is 2. The summed E-state index contributed by atoms with van der Waals surface area (Å²) in [7, 11) is 0. The van der Waals surface area contributed by atoms with Crippen molar-refractivity contribution in [3.8, 4) is 0 Å². The van der Waals surface area contributed by atoms with E-state index in [-0.39, 0.29) is 5.41 Å². The Morgan fingerprint density at radius 1 is 1.04 bits per heavy atom. The van der Waals surface area contributed by atoms with Gasteiger partial charge in [0.2, 0.25) is 0 Å². The molecule has 0 aromatic heterocycles. The molecular formula is C23H28Cl2N2. The number of hydrogen-bond donors (Lipinski definition) is 1. The third-order valence-corrected chi connectivity index (χ3v) is 5.89. The van der Waals surface area contributed by atoms with Gasteiger partial charge >= 0.3 is 0 Å². The van der Waals surface area contributed by atoms with Crippen LogP contribution in [0.3, 0.4) is 0 Å². The Labute approximate surface area is 173 Å². The van der Waals surface area contributed by atoms with E-state index in [1.165, 1.54) is 22.5 Å². The summed E-state index contributed by atoms with van der Waals surface area (Å²) in [5.74, 6) is 1.64. The molecule has 1 aliphatic rings. The number of nitrogens with one attached hydrogen (secondary N) is 1. The Morgan fingerprint density at radius 3 is 2.37 bits per heavy atom. The molecule has 0 fully saturated rings. The second-order valence-corrected chi connectivity index (χ2v) is 8.33. The van der Waals surface area contributed by atoms with Crippen molar-refractivity contribution in [2.75, 3.05) is 41.6 Å². The fourth-order valence-corrected chi connectivity index (χ4v) is 4.19. The van der Waals surface area contributed by atoms with E-state index in [1.54, 1.807) is 0 Å². The lowest BCUT2D eigenvalue weighted by Gasteiger charge is -2.39. The fourth-order valence-electron chi connectivity index (χ4n) is 3.78. The number of benzene rings is 2. The van der Waals surface area contributed by atoms with Crippen molar-refractivity contribution in [2.24, 2.45) is 5.92 Å². The maximum atomic E-state index is 5.91. The third-order valence-electron chi connectivity index (χ3n) is 5.55. The van der Waals surface area contributed by atoms with Gasteiger partial charge in [-0.15, -0.1) is 23.2 Å². The smallest absolute Gasteiger partial charge is 0.0399 e. The normalized spacial score (nSPS) is 18.1. The number of anilines is 2. The quantitative estimate of drug-likeness (QED) is 0.570. The second kappa shape index (κ2) is 9.03. The van der Waals surface area contributed by atoms with E-state index < -0.39 is 0 Å². The molecular weight excluding hydrogens is 375 g/mol. The molecule has 2 nitrogen and oxygen atoms in total. The van der Waals surface area contributed by atoms with Gasteiger partial charge in [-0.2, -0.15) is 0 Å². The van der Waals surface area contributed by atoms with Gasteiger partial charge in [-0.3, -0.25) is 0 Å². The van der Waals surface area contributed by atoms with Gasteiger partial charge in [0.25, 0.3) is 0 Å². The van der Waals surface area contributed by atoms with Crippen LogP contribution < -0.4 is 10.2 Å². The third kappa shape index (κ3) is 4.62. The summed E-state index contributed by atoms with van der Waals surface area (Å²) < 4.78 is 0. The molecule has 27 heavy (non-hydrogen) atoms. The molecule has 0 radical (unpaired) electrons. The lowest BCUT2D eigenvalue weighted by atomic mass is 9.70. The first-order valence-corrected chi connectivity index (χ1v) is 10.6. The molecule has 1 unspecified atom stereocenters. The zero-order valence-corrected chi connectivity index (χ0v) is 17.6. The van der Waals surface area contributed by atoms with Crippen LogP contribution in [0.4, 0.5) is 11.4 Å². The number of rotatable bonds is 7. The molecule has 4 heteroatoms. The predicted octanol–water partition coefficient (Wildman–Crippen LogP) is 6.00. The first-order valence-electron chi connectivity index (χ1n) is 9.55. The molecule has 0 bridgehead atoms. The van der Waals surface area contributed by atoms with Crippen LogP contribution >= 0.6 is 23.2 Å². The number of nitrogens with zero attached hydrogens (tertiary/aromatic N) is 1. The van der Waals surface area contributed by atoms with Gasteiger partial charge in [-0.1, -0.05) is 56.3 Å². The van der Waals surface area contributed by atoms with Crippen LogP contribution in [-0.2, 0) is 5.41 Å². The van der Waals surface area contributed by atoms with Crippen molar-refractivity contribution in [1.82, 2.24) is 0 Å². The Hall–Kier alpha value is -1.64. The van der Waals surface area contributed by atoms with Crippen LogP contribution in [0.2, 0.25) is 0 Å². The van der Waals surface area contributed by atoms with Gasteiger partial charge in [0, 0.05) is 48.7 Å².